The van der Waals surface area contributed by atoms with Gasteiger partial charge in [0, 0.05) is 27.4 Å². The minimum atomic E-state index is 0.352. The smallest absolute Gasteiger partial charge is 0.0576 e. The second kappa shape index (κ2) is 6.85. The first kappa shape index (κ1) is 13.5. The third-order valence-electron chi connectivity index (χ3n) is 3.17. The molecule has 17 heavy (non-hydrogen) atoms. The molecule has 3 N–H and O–H groups in total. The molecule has 2 unspecified atom stereocenters. The molecule has 0 bridgehead atoms. The van der Waals surface area contributed by atoms with Gasteiger partial charge in [-0.1, -0.05) is 0 Å². The van der Waals surface area contributed by atoms with Crippen LogP contribution in [0.2, 0.25) is 0 Å². The second-order valence-electron chi connectivity index (χ2n) is 4.51. The highest BCUT2D eigenvalue weighted by molar-refractivity contribution is 9.10. The number of thiophene rings is 1. The van der Waals surface area contributed by atoms with E-state index in [1.165, 1.54) is 17.7 Å². The third kappa shape index (κ3) is 4.34. The summed E-state index contributed by atoms with van der Waals surface area (Å²) in [5, 5.41) is 2.11. The van der Waals surface area contributed by atoms with Crippen molar-refractivity contribution in [2.45, 2.75) is 44.2 Å². The van der Waals surface area contributed by atoms with Crippen LogP contribution in [0.25, 0.3) is 0 Å². The first-order valence-corrected chi connectivity index (χ1v) is 7.76. The van der Waals surface area contributed by atoms with Crippen LogP contribution < -0.4 is 11.3 Å². The Bertz CT molecular complexity index is 339. The standard InChI is InChI=1S/C12H19BrN2OS/c13-9-6-12(17-8-9)7-10(15-14)3-4-11-2-1-5-16-11/h6,8,10-11,15H,1-5,7,14H2. The number of hydrogen-bond acceptors (Lipinski definition) is 4. The zero-order valence-electron chi connectivity index (χ0n) is 9.82. The van der Waals surface area contributed by atoms with Gasteiger partial charge in [-0.25, -0.2) is 0 Å². The van der Waals surface area contributed by atoms with Crippen molar-refractivity contribution < 1.29 is 4.74 Å². The molecule has 0 aliphatic carbocycles. The van der Waals surface area contributed by atoms with Gasteiger partial charge in [0.15, 0.2) is 0 Å². The lowest BCUT2D eigenvalue weighted by Gasteiger charge is -2.17. The van der Waals surface area contributed by atoms with Gasteiger partial charge in [0.25, 0.3) is 0 Å². The molecule has 0 amide bonds. The average Bonchev–Trinajstić information content (AvgIpc) is 2.96. The molecule has 1 aliphatic heterocycles. The van der Waals surface area contributed by atoms with Crippen molar-refractivity contribution in [3.63, 3.8) is 0 Å². The lowest BCUT2D eigenvalue weighted by atomic mass is 10.0. The molecule has 2 rings (SSSR count). The molecule has 0 radical (unpaired) electrons. The van der Waals surface area contributed by atoms with E-state index in [1.807, 2.05) is 0 Å². The monoisotopic (exact) mass is 318 g/mol. The van der Waals surface area contributed by atoms with Crippen LogP contribution in [0.4, 0.5) is 0 Å². The van der Waals surface area contributed by atoms with Gasteiger partial charge in [-0.05, 0) is 54.1 Å². The summed E-state index contributed by atoms with van der Waals surface area (Å²) in [6, 6.07) is 2.52. The van der Waals surface area contributed by atoms with E-state index in [2.05, 4.69) is 32.8 Å². The molecule has 2 heterocycles. The van der Waals surface area contributed by atoms with Crippen molar-refractivity contribution in [2.75, 3.05) is 6.61 Å². The van der Waals surface area contributed by atoms with Crippen LogP contribution in [0.3, 0.4) is 0 Å². The van der Waals surface area contributed by atoms with Gasteiger partial charge in [-0.2, -0.15) is 0 Å². The Morgan fingerprint density at radius 2 is 2.53 bits per heavy atom. The number of ether oxygens (including phenoxy) is 1. The van der Waals surface area contributed by atoms with Crippen molar-refractivity contribution in [1.29, 1.82) is 0 Å². The first-order valence-electron chi connectivity index (χ1n) is 6.08. The van der Waals surface area contributed by atoms with Gasteiger partial charge in [-0.15, -0.1) is 11.3 Å². The Kier molecular flexibility index (Phi) is 5.44. The van der Waals surface area contributed by atoms with Crippen LogP contribution in [0.5, 0.6) is 0 Å². The minimum absolute atomic E-state index is 0.352. The lowest BCUT2D eigenvalue weighted by molar-refractivity contribution is 0.0996. The molecular formula is C12H19BrN2OS. The Hall–Kier alpha value is 0.0600. The maximum Gasteiger partial charge on any atom is 0.0576 e. The number of hydrazine groups is 1. The van der Waals surface area contributed by atoms with Gasteiger partial charge >= 0.3 is 0 Å². The van der Waals surface area contributed by atoms with Crippen molar-refractivity contribution in [3.8, 4) is 0 Å². The van der Waals surface area contributed by atoms with E-state index >= 15 is 0 Å². The molecule has 2 atom stereocenters. The third-order valence-corrected chi connectivity index (χ3v) is 4.89. The highest BCUT2D eigenvalue weighted by atomic mass is 79.9. The van der Waals surface area contributed by atoms with Crippen LogP contribution >= 0.6 is 27.3 Å². The van der Waals surface area contributed by atoms with Crippen LogP contribution in [0.1, 0.15) is 30.6 Å². The largest absolute Gasteiger partial charge is 0.378 e. The van der Waals surface area contributed by atoms with E-state index in [-0.39, 0.29) is 0 Å². The summed E-state index contributed by atoms with van der Waals surface area (Å²) in [7, 11) is 0. The van der Waals surface area contributed by atoms with Crippen molar-refractivity contribution >= 4 is 27.3 Å². The van der Waals surface area contributed by atoms with Crippen LogP contribution in [-0.2, 0) is 11.2 Å². The van der Waals surface area contributed by atoms with Crippen LogP contribution in [-0.4, -0.2) is 18.8 Å². The summed E-state index contributed by atoms with van der Waals surface area (Å²) in [5.41, 5.74) is 2.92. The molecule has 3 nitrogen and oxygen atoms in total. The SMILES string of the molecule is NNC(CCC1CCCO1)Cc1cc(Br)cs1. The Morgan fingerprint density at radius 1 is 1.65 bits per heavy atom. The summed E-state index contributed by atoms with van der Waals surface area (Å²) in [4.78, 5) is 1.37. The predicted molar refractivity (Wildman–Crippen MR) is 75.0 cm³/mol. The highest BCUT2D eigenvalue weighted by Gasteiger charge is 2.18. The zero-order chi connectivity index (χ0) is 12.1. The summed E-state index contributed by atoms with van der Waals surface area (Å²) in [5.74, 6) is 5.61. The topological polar surface area (TPSA) is 47.3 Å². The van der Waals surface area contributed by atoms with Crippen LogP contribution in [0.15, 0.2) is 15.9 Å². The Balaban J connectivity index is 1.75. The van der Waals surface area contributed by atoms with E-state index in [9.17, 15) is 0 Å². The molecule has 5 heteroatoms. The molecule has 1 aromatic rings. The van der Waals surface area contributed by atoms with Crippen molar-refractivity contribution in [1.82, 2.24) is 5.43 Å². The van der Waals surface area contributed by atoms with Gasteiger partial charge in [0.1, 0.15) is 0 Å². The average molecular weight is 319 g/mol. The minimum Gasteiger partial charge on any atom is -0.378 e. The molecule has 0 spiro atoms. The molecule has 1 fully saturated rings. The maximum absolute atomic E-state index is 5.63. The second-order valence-corrected chi connectivity index (χ2v) is 6.42. The molecular weight excluding hydrogens is 300 g/mol. The summed E-state index contributed by atoms with van der Waals surface area (Å²) < 4.78 is 6.79. The van der Waals surface area contributed by atoms with Crippen molar-refractivity contribution in [3.05, 3.63) is 20.8 Å². The quantitative estimate of drug-likeness (QED) is 0.626. The highest BCUT2D eigenvalue weighted by Crippen LogP contribution is 2.23. The molecule has 1 saturated heterocycles. The molecule has 0 aromatic carbocycles. The van der Waals surface area contributed by atoms with Crippen molar-refractivity contribution in [2.24, 2.45) is 5.84 Å². The van der Waals surface area contributed by atoms with E-state index in [0.717, 1.165) is 30.3 Å². The number of nitrogens with two attached hydrogens (primary N) is 1. The van der Waals surface area contributed by atoms with E-state index in [1.54, 1.807) is 11.3 Å². The first-order chi connectivity index (χ1) is 8.28. The maximum atomic E-state index is 5.63. The fourth-order valence-corrected chi connectivity index (χ4v) is 3.74. The van der Waals surface area contributed by atoms with Gasteiger partial charge in [0.05, 0.1) is 6.10 Å². The van der Waals surface area contributed by atoms with Gasteiger partial charge in [0.2, 0.25) is 0 Å². The number of nitrogens with one attached hydrogen (secondary N) is 1. The molecule has 1 aliphatic rings. The van der Waals surface area contributed by atoms with E-state index in [4.69, 9.17) is 10.6 Å². The van der Waals surface area contributed by atoms with E-state index in [0.29, 0.717) is 12.1 Å². The normalized spacial score (nSPS) is 21.9. The van der Waals surface area contributed by atoms with Crippen LogP contribution in [0, 0.1) is 0 Å². The van der Waals surface area contributed by atoms with E-state index < -0.39 is 0 Å². The molecule has 1 aromatic heterocycles. The Morgan fingerprint density at radius 3 is 3.12 bits per heavy atom. The fourth-order valence-electron chi connectivity index (χ4n) is 2.21. The summed E-state index contributed by atoms with van der Waals surface area (Å²) in [6.45, 7) is 0.934. The number of hydrogen-bond donors (Lipinski definition) is 2. The molecule has 96 valence electrons. The predicted octanol–water partition coefficient (Wildman–Crippen LogP) is 2.84. The summed E-state index contributed by atoms with van der Waals surface area (Å²) in [6.07, 6.45) is 6.07. The fraction of sp³-hybridized carbons (Fsp3) is 0.667. The summed E-state index contributed by atoms with van der Waals surface area (Å²) >= 11 is 5.25. The number of halogens is 1. The van der Waals surface area contributed by atoms with Gasteiger partial charge < -0.3 is 4.74 Å². The Labute approximate surface area is 115 Å². The molecule has 0 saturated carbocycles. The lowest BCUT2D eigenvalue weighted by Crippen LogP contribution is -2.37. The van der Waals surface area contributed by atoms with Gasteiger partial charge in [-0.3, -0.25) is 11.3 Å². The number of rotatable bonds is 6. The zero-order valence-corrected chi connectivity index (χ0v) is 12.2.